The predicted molar refractivity (Wildman–Crippen MR) is 142 cm³/mol. The Bertz CT molecular complexity index is 1210. The van der Waals surface area contributed by atoms with Gasteiger partial charge in [0.05, 0.1) is 0 Å². The van der Waals surface area contributed by atoms with E-state index >= 15 is 0 Å². The topological polar surface area (TPSA) is 102 Å². The molecule has 2 aromatic heterocycles. The van der Waals surface area contributed by atoms with Crippen LogP contribution in [0.4, 0.5) is 23.1 Å². The first-order chi connectivity index (χ1) is 17.6. The molecule has 0 radical (unpaired) electrons. The first-order valence-corrected chi connectivity index (χ1v) is 13.7. The summed E-state index contributed by atoms with van der Waals surface area (Å²) in [5.41, 5.74) is 2.01. The minimum atomic E-state index is 0.119. The van der Waals surface area contributed by atoms with Gasteiger partial charge in [0.1, 0.15) is 11.6 Å². The number of aromatic nitrogens is 4. The number of aromatic amines is 1. The van der Waals surface area contributed by atoms with E-state index in [-0.39, 0.29) is 11.8 Å². The maximum atomic E-state index is 12.0. The van der Waals surface area contributed by atoms with Gasteiger partial charge < -0.3 is 20.4 Å². The molecule has 36 heavy (non-hydrogen) atoms. The van der Waals surface area contributed by atoms with Crippen LogP contribution in [0, 0.1) is 5.92 Å². The monoisotopic (exact) mass is 504 g/mol. The zero-order valence-corrected chi connectivity index (χ0v) is 21.4. The van der Waals surface area contributed by atoms with Crippen molar-refractivity contribution in [2.75, 3.05) is 48.3 Å². The highest BCUT2D eigenvalue weighted by Gasteiger charge is 2.29. The van der Waals surface area contributed by atoms with Gasteiger partial charge in [-0.2, -0.15) is 5.10 Å². The van der Waals surface area contributed by atoms with Gasteiger partial charge in [-0.1, -0.05) is 6.92 Å². The molecule has 3 N–H and O–H groups in total. The molecule has 10 heteroatoms. The zero-order valence-electron chi connectivity index (χ0n) is 20.5. The molecule has 1 aliphatic heterocycles. The van der Waals surface area contributed by atoms with Crippen molar-refractivity contribution in [3.05, 3.63) is 42.1 Å². The van der Waals surface area contributed by atoms with E-state index in [2.05, 4.69) is 43.6 Å². The standard InChI is InChI=1S/C26H32N8OS/c1-2-33-11-13-34(14-12-33)24-16-22(28-23-15-21(31-32-23)17-3-4-17)29-26(30-24)36-20-9-7-19(8-10-20)27-25(35)18-5-6-18/h7-10,15-18H,2-6,11-14H2,1H3,(H,27,35)(H2,28,29,30,31,32). The lowest BCUT2D eigenvalue weighted by Crippen LogP contribution is -2.46. The van der Waals surface area contributed by atoms with Gasteiger partial charge in [0.15, 0.2) is 11.0 Å². The van der Waals surface area contributed by atoms with Gasteiger partial charge in [-0.15, -0.1) is 0 Å². The summed E-state index contributed by atoms with van der Waals surface area (Å²) in [4.78, 5) is 27.6. The predicted octanol–water partition coefficient (Wildman–Crippen LogP) is 4.46. The number of piperazine rings is 1. The molecule has 3 fully saturated rings. The van der Waals surface area contributed by atoms with Crippen molar-refractivity contribution in [3.63, 3.8) is 0 Å². The van der Waals surface area contributed by atoms with Crippen molar-refractivity contribution in [2.24, 2.45) is 5.92 Å². The average molecular weight is 505 g/mol. The average Bonchev–Trinajstić information content (AvgIpc) is 3.83. The second-order valence-corrected chi connectivity index (χ2v) is 10.9. The van der Waals surface area contributed by atoms with Gasteiger partial charge in [-0.25, -0.2) is 9.97 Å². The maximum Gasteiger partial charge on any atom is 0.227 e. The fourth-order valence-electron chi connectivity index (χ4n) is 4.41. The number of anilines is 4. The number of hydrogen-bond donors (Lipinski definition) is 3. The molecule has 3 aromatic rings. The molecule has 1 aromatic carbocycles. The summed E-state index contributed by atoms with van der Waals surface area (Å²) in [5.74, 6) is 3.37. The Morgan fingerprint density at radius 1 is 1.03 bits per heavy atom. The summed E-state index contributed by atoms with van der Waals surface area (Å²) in [6.45, 7) is 7.23. The molecular weight excluding hydrogens is 472 g/mol. The fraction of sp³-hybridized carbons (Fsp3) is 0.462. The molecule has 188 valence electrons. The van der Waals surface area contributed by atoms with Crippen LogP contribution in [-0.4, -0.2) is 63.7 Å². The Kier molecular flexibility index (Phi) is 6.54. The van der Waals surface area contributed by atoms with Crippen molar-refractivity contribution in [1.82, 2.24) is 25.1 Å². The Labute approximate surface area is 215 Å². The first-order valence-electron chi connectivity index (χ1n) is 12.9. The summed E-state index contributed by atoms with van der Waals surface area (Å²) in [7, 11) is 0. The fourth-order valence-corrected chi connectivity index (χ4v) is 5.18. The lowest BCUT2D eigenvalue weighted by atomic mass is 10.3. The number of nitrogens with zero attached hydrogens (tertiary/aromatic N) is 5. The smallest absolute Gasteiger partial charge is 0.227 e. The molecule has 9 nitrogen and oxygen atoms in total. The van der Waals surface area contributed by atoms with Crippen LogP contribution in [0.1, 0.15) is 44.2 Å². The van der Waals surface area contributed by atoms with Crippen LogP contribution in [0.15, 0.2) is 46.5 Å². The number of likely N-dealkylation sites (N-methyl/N-ethyl adjacent to an activating group) is 1. The Hall–Kier alpha value is -3.11. The van der Waals surface area contributed by atoms with Gasteiger partial charge in [0.2, 0.25) is 5.91 Å². The molecule has 6 rings (SSSR count). The van der Waals surface area contributed by atoms with Crippen LogP contribution >= 0.6 is 11.8 Å². The summed E-state index contributed by atoms with van der Waals surface area (Å²) in [6.07, 6.45) is 4.45. The van der Waals surface area contributed by atoms with E-state index in [0.717, 1.165) is 73.6 Å². The minimum absolute atomic E-state index is 0.119. The van der Waals surface area contributed by atoms with Gasteiger partial charge in [0, 0.05) is 66.4 Å². The molecule has 3 aliphatic rings. The van der Waals surface area contributed by atoms with E-state index in [1.54, 1.807) is 0 Å². The highest BCUT2D eigenvalue weighted by molar-refractivity contribution is 7.99. The van der Waals surface area contributed by atoms with E-state index in [9.17, 15) is 4.79 Å². The van der Waals surface area contributed by atoms with E-state index in [1.165, 1.54) is 30.3 Å². The normalized spacial score (nSPS) is 18.3. The summed E-state index contributed by atoms with van der Waals surface area (Å²) in [6, 6.07) is 12.0. The second-order valence-electron chi connectivity index (χ2n) is 9.81. The minimum Gasteiger partial charge on any atom is -0.354 e. The van der Waals surface area contributed by atoms with Crippen LogP contribution in [0.2, 0.25) is 0 Å². The summed E-state index contributed by atoms with van der Waals surface area (Å²) in [5, 5.41) is 14.7. The molecule has 2 saturated carbocycles. The van der Waals surface area contributed by atoms with Crippen LogP contribution in [0.5, 0.6) is 0 Å². The van der Waals surface area contributed by atoms with Crippen molar-refractivity contribution < 1.29 is 4.79 Å². The molecule has 2 aliphatic carbocycles. The van der Waals surface area contributed by atoms with Gasteiger partial charge in [-0.3, -0.25) is 9.89 Å². The lowest BCUT2D eigenvalue weighted by Gasteiger charge is -2.34. The van der Waals surface area contributed by atoms with E-state index < -0.39 is 0 Å². The number of H-pyrrole nitrogens is 1. The van der Waals surface area contributed by atoms with Gasteiger partial charge in [0.25, 0.3) is 0 Å². The molecule has 1 amide bonds. The van der Waals surface area contributed by atoms with E-state index in [0.29, 0.717) is 11.1 Å². The zero-order chi connectivity index (χ0) is 24.5. The van der Waals surface area contributed by atoms with Crippen molar-refractivity contribution in [3.8, 4) is 0 Å². The number of carbonyl (C=O) groups excluding carboxylic acids is 1. The first kappa shape index (κ1) is 23.3. The van der Waals surface area contributed by atoms with Crippen LogP contribution in [0.3, 0.4) is 0 Å². The molecule has 0 spiro atoms. The summed E-state index contributed by atoms with van der Waals surface area (Å²) < 4.78 is 0. The van der Waals surface area contributed by atoms with Crippen molar-refractivity contribution in [2.45, 2.75) is 48.6 Å². The quantitative estimate of drug-likeness (QED) is 0.367. The molecule has 0 atom stereocenters. The van der Waals surface area contributed by atoms with Gasteiger partial charge >= 0.3 is 0 Å². The Morgan fingerprint density at radius 3 is 2.50 bits per heavy atom. The van der Waals surface area contributed by atoms with Crippen LogP contribution in [-0.2, 0) is 4.79 Å². The van der Waals surface area contributed by atoms with Crippen LogP contribution < -0.4 is 15.5 Å². The second kappa shape index (κ2) is 10.1. The molecule has 3 heterocycles. The Balaban J connectivity index is 1.20. The summed E-state index contributed by atoms with van der Waals surface area (Å²) >= 11 is 1.52. The molecular formula is C26H32N8OS. The number of hydrogen-bond acceptors (Lipinski definition) is 8. The molecule has 1 saturated heterocycles. The number of nitrogens with one attached hydrogen (secondary N) is 3. The molecule has 0 bridgehead atoms. The number of rotatable bonds is 9. The van der Waals surface area contributed by atoms with Crippen molar-refractivity contribution >= 4 is 40.8 Å². The third-order valence-corrected chi connectivity index (χ3v) is 7.86. The SMILES string of the molecule is CCN1CCN(c2cc(Nc3cc(C4CC4)[nH]n3)nc(Sc3ccc(NC(=O)C4CC4)cc3)n2)CC1. The van der Waals surface area contributed by atoms with E-state index in [1.807, 2.05) is 30.3 Å². The number of amides is 1. The Morgan fingerprint density at radius 2 is 1.81 bits per heavy atom. The van der Waals surface area contributed by atoms with Crippen molar-refractivity contribution in [1.29, 1.82) is 0 Å². The largest absolute Gasteiger partial charge is 0.354 e. The van der Waals surface area contributed by atoms with Gasteiger partial charge in [-0.05, 0) is 68.3 Å². The number of carbonyl (C=O) groups is 1. The lowest BCUT2D eigenvalue weighted by molar-refractivity contribution is -0.117. The van der Waals surface area contributed by atoms with E-state index in [4.69, 9.17) is 9.97 Å². The number of benzene rings is 1. The third kappa shape index (κ3) is 5.65. The highest BCUT2D eigenvalue weighted by Crippen LogP contribution is 2.40. The highest BCUT2D eigenvalue weighted by atomic mass is 32.2. The third-order valence-electron chi connectivity index (χ3n) is 6.99. The maximum absolute atomic E-state index is 12.0. The molecule has 0 unspecified atom stereocenters. The van der Waals surface area contributed by atoms with Crippen LogP contribution in [0.25, 0.3) is 0 Å².